The number of hydrogen-bond acceptors (Lipinski definition) is 3. The number of nitrogens with zero attached hydrogens (tertiary/aromatic N) is 3. The summed E-state index contributed by atoms with van der Waals surface area (Å²) in [6, 6.07) is 8.90. The highest BCUT2D eigenvalue weighted by atomic mass is 15.4. The quantitative estimate of drug-likeness (QED) is 0.877. The van der Waals surface area contributed by atoms with E-state index in [1.807, 2.05) is 10.9 Å². The fraction of sp³-hybridized carbons (Fsp3) is 0.429. The van der Waals surface area contributed by atoms with Crippen molar-refractivity contribution in [3.63, 3.8) is 0 Å². The Kier molecular flexibility index (Phi) is 4.10. The van der Waals surface area contributed by atoms with E-state index in [1.165, 1.54) is 5.56 Å². The summed E-state index contributed by atoms with van der Waals surface area (Å²) in [6.07, 6.45) is 2.86. The van der Waals surface area contributed by atoms with E-state index in [9.17, 15) is 0 Å². The minimum absolute atomic E-state index is 0.454. The molecule has 1 aromatic carbocycles. The zero-order valence-corrected chi connectivity index (χ0v) is 11.2. The van der Waals surface area contributed by atoms with Gasteiger partial charge in [-0.25, -0.2) is 4.68 Å². The van der Waals surface area contributed by atoms with Crippen molar-refractivity contribution in [1.29, 1.82) is 0 Å². The predicted molar refractivity (Wildman–Crippen MR) is 72.7 cm³/mol. The van der Waals surface area contributed by atoms with E-state index in [-0.39, 0.29) is 0 Å². The van der Waals surface area contributed by atoms with Crippen LogP contribution in [-0.2, 0) is 13.0 Å². The van der Waals surface area contributed by atoms with E-state index in [0.29, 0.717) is 6.04 Å². The standard InChI is InChI=1S/C14H20N4/c1-4-12-5-7-13(8-6-12)18-14(10-16-17-18)9-15-11(2)3/h5-8,10-11,15H,4,9H2,1-3H3. The summed E-state index contributed by atoms with van der Waals surface area (Å²) in [4.78, 5) is 0. The van der Waals surface area contributed by atoms with Crippen LogP contribution in [0.2, 0.25) is 0 Å². The van der Waals surface area contributed by atoms with Gasteiger partial charge in [-0.3, -0.25) is 0 Å². The molecule has 1 aromatic heterocycles. The van der Waals surface area contributed by atoms with Gasteiger partial charge in [0.2, 0.25) is 0 Å². The molecule has 0 radical (unpaired) electrons. The molecule has 0 aliphatic rings. The van der Waals surface area contributed by atoms with Gasteiger partial charge >= 0.3 is 0 Å². The Balaban J connectivity index is 2.19. The first-order valence-corrected chi connectivity index (χ1v) is 6.43. The molecule has 1 N–H and O–H groups in total. The SMILES string of the molecule is CCc1ccc(-n2nncc2CNC(C)C)cc1. The summed E-state index contributed by atoms with van der Waals surface area (Å²) in [6.45, 7) is 7.19. The van der Waals surface area contributed by atoms with Crippen LogP contribution in [0.4, 0.5) is 0 Å². The van der Waals surface area contributed by atoms with Crippen molar-refractivity contribution in [2.75, 3.05) is 0 Å². The highest BCUT2D eigenvalue weighted by Gasteiger charge is 2.06. The fourth-order valence-corrected chi connectivity index (χ4v) is 1.78. The maximum absolute atomic E-state index is 4.15. The molecule has 96 valence electrons. The van der Waals surface area contributed by atoms with Crippen LogP contribution in [0, 0.1) is 0 Å². The van der Waals surface area contributed by atoms with E-state index in [1.54, 1.807) is 0 Å². The van der Waals surface area contributed by atoms with Gasteiger partial charge in [-0.05, 0) is 24.1 Å². The van der Waals surface area contributed by atoms with Crippen LogP contribution in [0.1, 0.15) is 32.0 Å². The molecule has 4 heteroatoms. The van der Waals surface area contributed by atoms with Crippen LogP contribution in [0.25, 0.3) is 5.69 Å². The number of rotatable bonds is 5. The lowest BCUT2D eigenvalue weighted by molar-refractivity contribution is 0.570. The topological polar surface area (TPSA) is 42.7 Å². The zero-order valence-electron chi connectivity index (χ0n) is 11.2. The molecule has 0 aliphatic carbocycles. The van der Waals surface area contributed by atoms with Crippen molar-refractivity contribution in [1.82, 2.24) is 20.3 Å². The zero-order chi connectivity index (χ0) is 13.0. The molecule has 0 saturated carbocycles. The third kappa shape index (κ3) is 2.96. The van der Waals surface area contributed by atoms with Crippen LogP contribution in [0.5, 0.6) is 0 Å². The lowest BCUT2D eigenvalue weighted by Crippen LogP contribution is -2.23. The molecule has 2 rings (SSSR count). The van der Waals surface area contributed by atoms with Crippen molar-refractivity contribution >= 4 is 0 Å². The molecule has 0 saturated heterocycles. The first-order valence-electron chi connectivity index (χ1n) is 6.43. The Hall–Kier alpha value is -1.68. The average molecular weight is 244 g/mol. The Morgan fingerprint density at radius 1 is 1.22 bits per heavy atom. The first-order chi connectivity index (χ1) is 8.70. The molecule has 1 heterocycles. The fourth-order valence-electron chi connectivity index (χ4n) is 1.78. The highest BCUT2D eigenvalue weighted by Crippen LogP contribution is 2.11. The Labute approximate surface area is 108 Å². The van der Waals surface area contributed by atoms with Crippen LogP contribution < -0.4 is 5.32 Å². The lowest BCUT2D eigenvalue weighted by atomic mass is 10.1. The summed E-state index contributed by atoms with van der Waals surface area (Å²) in [5.41, 5.74) is 3.47. The van der Waals surface area contributed by atoms with Crippen molar-refractivity contribution < 1.29 is 0 Å². The maximum atomic E-state index is 4.15. The van der Waals surface area contributed by atoms with Gasteiger partial charge in [0.25, 0.3) is 0 Å². The molecule has 0 aliphatic heterocycles. The highest BCUT2D eigenvalue weighted by molar-refractivity contribution is 5.34. The van der Waals surface area contributed by atoms with Crippen molar-refractivity contribution in [3.8, 4) is 5.69 Å². The second kappa shape index (κ2) is 5.78. The third-order valence-corrected chi connectivity index (χ3v) is 2.90. The molecule has 18 heavy (non-hydrogen) atoms. The maximum Gasteiger partial charge on any atom is 0.0783 e. The van der Waals surface area contributed by atoms with Gasteiger partial charge in [0.15, 0.2) is 0 Å². The van der Waals surface area contributed by atoms with Gasteiger partial charge in [0.05, 0.1) is 17.6 Å². The summed E-state index contributed by atoms with van der Waals surface area (Å²) in [5, 5.41) is 11.5. The normalized spacial score (nSPS) is 11.1. The molecule has 0 atom stereocenters. The summed E-state index contributed by atoms with van der Waals surface area (Å²) < 4.78 is 1.88. The van der Waals surface area contributed by atoms with E-state index in [4.69, 9.17) is 0 Å². The molecular formula is C14H20N4. The van der Waals surface area contributed by atoms with Gasteiger partial charge in [-0.15, -0.1) is 5.10 Å². The van der Waals surface area contributed by atoms with Gasteiger partial charge < -0.3 is 5.32 Å². The minimum Gasteiger partial charge on any atom is -0.309 e. The van der Waals surface area contributed by atoms with Crippen LogP contribution in [0.15, 0.2) is 30.5 Å². The van der Waals surface area contributed by atoms with Gasteiger partial charge in [0.1, 0.15) is 0 Å². The number of aryl methyl sites for hydroxylation is 1. The summed E-state index contributed by atoms with van der Waals surface area (Å²) in [5.74, 6) is 0. The Morgan fingerprint density at radius 3 is 2.56 bits per heavy atom. The van der Waals surface area contributed by atoms with Crippen LogP contribution >= 0.6 is 0 Å². The molecule has 0 spiro atoms. The summed E-state index contributed by atoms with van der Waals surface area (Å²) >= 11 is 0. The molecule has 0 unspecified atom stereocenters. The molecule has 0 fully saturated rings. The summed E-state index contributed by atoms with van der Waals surface area (Å²) in [7, 11) is 0. The smallest absolute Gasteiger partial charge is 0.0783 e. The van der Waals surface area contributed by atoms with E-state index in [2.05, 4.69) is 60.7 Å². The van der Waals surface area contributed by atoms with E-state index >= 15 is 0 Å². The Bertz CT molecular complexity index is 485. The van der Waals surface area contributed by atoms with Gasteiger partial charge in [-0.1, -0.05) is 38.1 Å². The number of nitrogens with one attached hydrogen (secondary N) is 1. The van der Waals surface area contributed by atoms with Gasteiger partial charge in [0, 0.05) is 12.6 Å². The number of benzene rings is 1. The minimum atomic E-state index is 0.454. The second-order valence-corrected chi connectivity index (χ2v) is 4.69. The molecule has 0 amide bonds. The number of aromatic nitrogens is 3. The average Bonchev–Trinajstić information content (AvgIpc) is 2.85. The van der Waals surface area contributed by atoms with Crippen LogP contribution in [0.3, 0.4) is 0 Å². The molecule has 2 aromatic rings. The molecule has 4 nitrogen and oxygen atoms in total. The molecular weight excluding hydrogens is 224 g/mol. The number of hydrogen-bond donors (Lipinski definition) is 1. The van der Waals surface area contributed by atoms with Crippen molar-refractivity contribution in [2.45, 2.75) is 39.8 Å². The molecule has 0 bridgehead atoms. The van der Waals surface area contributed by atoms with Gasteiger partial charge in [-0.2, -0.15) is 0 Å². The lowest BCUT2D eigenvalue weighted by Gasteiger charge is -2.10. The first kappa shape index (κ1) is 12.8. The van der Waals surface area contributed by atoms with E-state index in [0.717, 1.165) is 24.3 Å². The largest absolute Gasteiger partial charge is 0.309 e. The monoisotopic (exact) mass is 244 g/mol. The van der Waals surface area contributed by atoms with Crippen molar-refractivity contribution in [3.05, 3.63) is 41.7 Å². The Morgan fingerprint density at radius 2 is 1.94 bits per heavy atom. The predicted octanol–water partition coefficient (Wildman–Crippen LogP) is 2.33. The van der Waals surface area contributed by atoms with Crippen LogP contribution in [-0.4, -0.2) is 21.0 Å². The third-order valence-electron chi connectivity index (χ3n) is 2.90. The van der Waals surface area contributed by atoms with Crippen molar-refractivity contribution in [2.24, 2.45) is 0 Å². The van der Waals surface area contributed by atoms with E-state index < -0.39 is 0 Å². The second-order valence-electron chi connectivity index (χ2n) is 4.69.